The van der Waals surface area contributed by atoms with Crippen LogP contribution in [-0.4, -0.2) is 11.1 Å². The molecule has 1 fully saturated rings. The van der Waals surface area contributed by atoms with Gasteiger partial charge < -0.3 is 0 Å². The summed E-state index contributed by atoms with van der Waals surface area (Å²) in [4.78, 5) is -2.77. The second kappa shape index (κ2) is 2.93. The topological polar surface area (TPSA) is 47.6 Å². The van der Waals surface area contributed by atoms with Crippen LogP contribution in [-0.2, 0) is 0 Å². The van der Waals surface area contributed by atoms with E-state index in [0.29, 0.717) is 0 Å². The Hall–Kier alpha value is -1.20. The van der Waals surface area contributed by atoms with Gasteiger partial charge in [-0.05, 0) is 6.42 Å². The Morgan fingerprint density at radius 3 is 2.06 bits per heavy atom. The van der Waals surface area contributed by atoms with Crippen LogP contribution in [0.5, 0.6) is 0 Å². The number of rotatable bonds is 0. The van der Waals surface area contributed by atoms with E-state index in [4.69, 9.17) is 22.1 Å². The van der Waals surface area contributed by atoms with E-state index >= 15 is 0 Å². The van der Waals surface area contributed by atoms with Gasteiger partial charge in [-0.2, -0.15) is 23.7 Å². The Bertz CT molecular complexity index is 428. The van der Waals surface area contributed by atoms with Crippen molar-refractivity contribution in [2.75, 3.05) is 0 Å². The molecule has 0 aromatic carbocycles. The van der Waals surface area contributed by atoms with Gasteiger partial charge in [0.15, 0.2) is 10.3 Å². The van der Waals surface area contributed by atoms with E-state index in [1.165, 1.54) is 24.3 Å². The summed E-state index contributed by atoms with van der Waals surface area (Å²) in [6.07, 6.45) is -1.81. The highest BCUT2D eigenvalue weighted by Gasteiger charge is 2.77. The number of alkyl halides is 4. The molecule has 1 saturated carbocycles. The van der Waals surface area contributed by atoms with Crippen molar-refractivity contribution in [1.82, 2.24) is 0 Å². The van der Waals surface area contributed by atoms with Crippen LogP contribution in [0.3, 0.4) is 0 Å². The monoisotopic (exact) mass is 246 g/mol. The molecule has 0 spiro atoms. The Kier molecular flexibility index (Phi) is 2.06. The van der Waals surface area contributed by atoms with Crippen molar-refractivity contribution in [2.24, 2.45) is 17.3 Å². The second-order valence-corrected chi connectivity index (χ2v) is 4.67. The zero-order valence-corrected chi connectivity index (χ0v) is 8.68. The third kappa shape index (κ3) is 0.929. The number of hydrogen-bond acceptors (Lipinski definition) is 2. The van der Waals surface area contributed by atoms with Crippen LogP contribution < -0.4 is 0 Å². The van der Waals surface area contributed by atoms with Gasteiger partial charge in [0.1, 0.15) is 0 Å². The second-order valence-electron chi connectivity index (χ2n) is 4.07. The summed E-state index contributed by atoms with van der Waals surface area (Å²) >= 11 is 5.65. The average Bonchev–Trinajstić information content (AvgIpc) is 2.75. The number of fused-ring (bicyclic) bond motifs is 2. The standard InChI is InChI=1S/C10H6ClF3N2/c11-9(10(12,13)14)7-2-1-6(3-7)8(9,4-15)5-16/h1-2,6-7H,3H2/t6-,7-,9-/m0/s1. The van der Waals surface area contributed by atoms with Crippen LogP contribution in [0, 0.1) is 39.9 Å². The van der Waals surface area contributed by atoms with Crippen molar-refractivity contribution in [3.8, 4) is 12.1 Å². The smallest absolute Gasteiger partial charge is 0.196 e. The van der Waals surface area contributed by atoms with E-state index in [1.54, 1.807) is 0 Å². The molecule has 0 aliphatic heterocycles. The molecule has 16 heavy (non-hydrogen) atoms. The molecule has 0 heterocycles. The first-order valence-corrected chi connectivity index (χ1v) is 4.97. The van der Waals surface area contributed by atoms with Gasteiger partial charge in [-0.15, -0.1) is 11.6 Å². The van der Waals surface area contributed by atoms with E-state index in [2.05, 4.69) is 0 Å². The molecule has 0 radical (unpaired) electrons. The lowest BCUT2D eigenvalue weighted by Gasteiger charge is -2.39. The number of hydrogen-bond donors (Lipinski definition) is 0. The predicted octanol–water partition coefficient (Wildman–Crippen LogP) is 2.77. The summed E-state index contributed by atoms with van der Waals surface area (Å²) < 4.78 is 39.0. The van der Waals surface area contributed by atoms with Crippen LogP contribution in [0.2, 0.25) is 0 Å². The largest absolute Gasteiger partial charge is 0.410 e. The number of nitrogens with zero attached hydrogens (tertiary/aromatic N) is 2. The summed E-state index contributed by atoms with van der Waals surface area (Å²) in [5, 5.41) is 17.9. The van der Waals surface area contributed by atoms with E-state index in [9.17, 15) is 13.2 Å². The van der Waals surface area contributed by atoms with Gasteiger partial charge in [0.25, 0.3) is 0 Å². The van der Waals surface area contributed by atoms with E-state index in [0.717, 1.165) is 0 Å². The van der Waals surface area contributed by atoms with Crippen molar-refractivity contribution >= 4 is 11.6 Å². The maximum atomic E-state index is 13.0. The third-order valence-electron chi connectivity index (χ3n) is 3.49. The molecule has 0 aromatic heterocycles. The van der Waals surface area contributed by atoms with Gasteiger partial charge in [0.05, 0.1) is 12.1 Å². The molecule has 0 aromatic rings. The molecule has 84 valence electrons. The fourth-order valence-electron chi connectivity index (χ4n) is 2.66. The highest BCUT2D eigenvalue weighted by atomic mass is 35.5. The highest BCUT2D eigenvalue weighted by Crippen LogP contribution is 2.66. The van der Waals surface area contributed by atoms with Crippen molar-refractivity contribution in [1.29, 1.82) is 10.5 Å². The molecular formula is C10H6ClF3N2. The van der Waals surface area contributed by atoms with Gasteiger partial charge in [-0.3, -0.25) is 0 Å². The number of halogens is 4. The third-order valence-corrected chi connectivity index (χ3v) is 4.28. The summed E-state index contributed by atoms with van der Waals surface area (Å²) in [5.74, 6) is -1.72. The van der Waals surface area contributed by atoms with Crippen molar-refractivity contribution in [3.05, 3.63) is 12.2 Å². The molecule has 0 saturated heterocycles. The minimum atomic E-state index is -4.77. The zero-order chi connectivity index (χ0) is 12.2. The maximum Gasteiger partial charge on any atom is 0.410 e. The lowest BCUT2D eigenvalue weighted by atomic mass is 9.69. The zero-order valence-electron chi connectivity index (χ0n) is 7.92. The Morgan fingerprint density at radius 1 is 1.19 bits per heavy atom. The quantitative estimate of drug-likeness (QED) is 0.487. The van der Waals surface area contributed by atoms with Crippen molar-refractivity contribution in [3.63, 3.8) is 0 Å². The van der Waals surface area contributed by atoms with Crippen molar-refractivity contribution < 1.29 is 13.2 Å². The first-order chi connectivity index (χ1) is 7.33. The molecule has 2 bridgehead atoms. The molecule has 6 heteroatoms. The summed E-state index contributed by atoms with van der Waals surface area (Å²) in [6, 6.07) is 2.98. The van der Waals surface area contributed by atoms with E-state index in [1.807, 2.05) is 0 Å². The van der Waals surface area contributed by atoms with Gasteiger partial charge in [0, 0.05) is 11.8 Å². The summed E-state index contributed by atoms with van der Waals surface area (Å²) in [6.45, 7) is 0. The number of nitriles is 2. The molecule has 3 atom stereocenters. The van der Waals surface area contributed by atoms with Crippen LogP contribution in [0.4, 0.5) is 13.2 Å². The van der Waals surface area contributed by atoms with Gasteiger partial charge in [-0.1, -0.05) is 12.2 Å². The maximum absolute atomic E-state index is 13.0. The molecule has 2 rings (SSSR count). The fourth-order valence-corrected chi connectivity index (χ4v) is 3.05. The molecule has 0 unspecified atom stereocenters. The van der Waals surface area contributed by atoms with Gasteiger partial charge in [-0.25, -0.2) is 0 Å². The van der Waals surface area contributed by atoms with Gasteiger partial charge >= 0.3 is 6.18 Å². The summed E-state index contributed by atoms with van der Waals surface area (Å²) in [7, 11) is 0. The fraction of sp³-hybridized carbons (Fsp3) is 0.600. The highest BCUT2D eigenvalue weighted by molar-refractivity contribution is 6.26. The lowest BCUT2D eigenvalue weighted by Crippen LogP contribution is -2.55. The van der Waals surface area contributed by atoms with Crippen molar-refractivity contribution in [2.45, 2.75) is 17.5 Å². The molecule has 2 aliphatic carbocycles. The van der Waals surface area contributed by atoms with Gasteiger partial charge in [0.2, 0.25) is 0 Å². The Balaban J connectivity index is 2.67. The molecule has 0 amide bonds. The van der Waals surface area contributed by atoms with E-state index < -0.39 is 28.3 Å². The Labute approximate surface area is 94.9 Å². The molecular weight excluding hydrogens is 241 g/mol. The Morgan fingerprint density at radius 2 is 1.69 bits per heavy atom. The minimum absolute atomic E-state index is 0.115. The molecule has 2 aliphatic rings. The predicted molar refractivity (Wildman–Crippen MR) is 49.0 cm³/mol. The first kappa shape index (κ1) is 11.3. The van der Waals surface area contributed by atoms with Crippen LogP contribution >= 0.6 is 11.6 Å². The number of allylic oxidation sites excluding steroid dienone is 2. The first-order valence-electron chi connectivity index (χ1n) is 4.60. The van der Waals surface area contributed by atoms with E-state index in [-0.39, 0.29) is 6.42 Å². The molecule has 2 nitrogen and oxygen atoms in total. The summed E-state index contributed by atoms with van der Waals surface area (Å²) in [5.41, 5.74) is -2.20. The van der Waals surface area contributed by atoms with Crippen LogP contribution in [0.15, 0.2) is 12.2 Å². The minimum Gasteiger partial charge on any atom is -0.196 e. The van der Waals surface area contributed by atoms with Crippen LogP contribution in [0.25, 0.3) is 0 Å². The van der Waals surface area contributed by atoms with Crippen LogP contribution in [0.1, 0.15) is 6.42 Å². The molecule has 0 N–H and O–H groups in total. The normalized spacial score (nSPS) is 39.4. The lowest BCUT2D eigenvalue weighted by molar-refractivity contribution is -0.181. The average molecular weight is 247 g/mol. The SMILES string of the molecule is N#CC1(C#N)[C@H]2C=C[C@@H](C2)[C@@]1(Cl)C(F)(F)F.